The van der Waals surface area contributed by atoms with E-state index >= 15 is 0 Å². The highest BCUT2D eigenvalue weighted by molar-refractivity contribution is 7.54. The topological polar surface area (TPSA) is 88.1 Å². The predicted octanol–water partition coefficient (Wildman–Crippen LogP) is 5.08. The second kappa shape index (κ2) is 9.34. The standard InChI is InChI=1S/C24H31O7P/c1-7-28-22(25)20(23(26)29-8-2)19-16-11-9-10-12-17(16)21(18(19)15(3)4)32(27)30-13-24(5,6)14-31-32/h9-12,20-21H,3,7-8,13-14H2,1-2,4-6H3. The van der Waals surface area contributed by atoms with Crippen molar-refractivity contribution >= 4 is 25.1 Å². The summed E-state index contributed by atoms with van der Waals surface area (Å²) in [5.41, 5.74) is 1.67. The molecular formula is C24H31O7P. The van der Waals surface area contributed by atoms with E-state index in [1.807, 2.05) is 26.0 Å². The number of carbonyl (C=O) groups is 2. The minimum Gasteiger partial charge on any atom is -0.465 e. The fourth-order valence-corrected chi connectivity index (χ4v) is 6.74. The summed E-state index contributed by atoms with van der Waals surface area (Å²) in [4.78, 5) is 25.9. The fourth-order valence-electron chi connectivity index (χ4n) is 4.07. The van der Waals surface area contributed by atoms with Crippen molar-refractivity contribution in [3.05, 3.63) is 53.1 Å². The molecular weight excluding hydrogens is 431 g/mol. The lowest BCUT2D eigenvalue weighted by Crippen LogP contribution is -2.31. The average Bonchev–Trinajstić information content (AvgIpc) is 3.07. The number of ether oxygens (including phenoxy) is 2. The first-order valence-electron chi connectivity index (χ1n) is 10.8. The lowest BCUT2D eigenvalue weighted by Gasteiger charge is -2.37. The fraction of sp³-hybridized carbons (Fsp3) is 0.500. The van der Waals surface area contributed by atoms with Gasteiger partial charge in [0.15, 0.2) is 5.92 Å². The zero-order chi connectivity index (χ0) is 23.7. The Morgan fingerprint density at radius 2 is 1.66 bits per heavy atom. The third-order valence-corrected chi connectivity index (χ3v) is 7.64. The van der Waals surface area contributed by atoms with Crippen molar-refractivity contribution in [2.24, 2.45) is 11.3 Å². The van der Waals surface area contributed by atoms with E-state index in [4.69, 9.17) is 18.5 Å². The van der Waals surface area contributed by atoms with Gasteiger partial charge in [-0.25, -0.2) is 0 Å². The molecule has 0 saturated carbocycles. The molecule has 0 spiro atoms. The molecule has 0 N–H and O–H groups in total. The van der Waals surface area contributed by atoms with E-state index < -0.39 is 31.1 Å². The normalized spacial score (nSPS) is 21.2. The van der Waals surface area contributed by atoms with Crippen LogP contribution in [0.1, 0.15) is 51.4 Å². The third-order valence-electron chi connectivity index (χ3n) is 5.49. The highest BCUT2D eigenvalue weighted by Gasteiger charge is 2.52. The summed E-state index contributed by atoms with van der Waals surface area (Å²) in [7, 11) is -3.67. The van der Waals surface area contributed by atoms with Crippen molar-refractivity contribution in [2.45, 2.75) is 40.3 Å². The van der Waals surface area contributed by atoms with Crippen molar-refractivity contribution in [3.8, 4) is 0 Å². The number of rotatable bonds is 7. The maximum atomic E-state index is 14.0. The molecule has 0 amide bonds. The molecule has 1 aromatic carbocycles. The highest BCUT2D eigenvalue weighted by atomic mass is 31.2. The van der Waals surface area contributed by atoms with Crippen LogP contribution in [0.3, 0.4) is 0 Å². The maximum absolute atomic E-state index is 14.0. The van der Waals surface area contributed by atoms with Crippen LogP contribution in [0.4, 0.5) is 0 Å². The van der Waals surface area contributed by atoms with Gasteiger partial charge in [0.05, 0.1) is 26.4 Å². The summed E-state index contributed by atoms with van der Waals surface area (Å²) in [6.07, 6.45) is 0. The van der Waals surface area contributed by atoms with Gasteiger partial charge in [-0.2, -0.15) is 0 Å². The van der Waals surface area contributed by atoms with Crippen LogP contribution in [-0.4, -0.2) is 38.4 Å². The second-order valence-corrected chi connectivity index (χ2v) is 10.9. The van der Waals surface area contributed by atoms with Crippen LogP contribution in [0, 0.1) is 11.3 Å². The molecule has 174 valence electrons. The van der Waals surface area contributed by atoms with Crippen molar-refractivity contribution < 1.29 is 32.7 Å². The zero-order valence-corrected chi connectivity index (χ0v) is 20.2. The quantitative estimate of drug-likeness (QED) is 0.317. The first kappa shape index (κ1) is 24.4. The molecule has 0 bridgehead atoms. The molecule has 1 aliphatic carbocycles. The molecule has 1 fully saturated rings. The maximum Gasteiger partial charge on any atom is 0.342 e. The first-order valence-corrected chi connectivity index (χ1v) is 12.4. The zero-order valence-electron chi connectivity index (χ0n) is 19.3. The molecule has 7 nitrogen and oxygen atoms in total. The molecule has 1 unspecified atom stereocenters. The van der Waals surface area contributed by atoms with Crippen molar-refractivity contribution in [2.75, 3.05) is 26.4 Å². The number of allylic oxidation sites excluding steroid dienone is 2. The Hall–Kier alpha value is -2.21. The number of hydrogen-bond donors (Lipinski definition) is 0. The third kappa shape index (κ3) is 4.47. The molecule has 0 aromatic heterocycles. The number of fused-ring (bicyclic) bond motifs is 1. The van der Waals surface area contributed by atoms with E-state index in [1.165, 1.54) is 0 Å². The summed E-state index contributed by atoms with van der Waals surface area (Å²) in [6.45, 7) is 13.8. The van der Waals surface area contributed by atoms with Crippen molar-refractivity contribution in [3.63, 3.8) is 0 Å². The van der Waals surface area contributed by atoms with Gasteiger partial charge in [0.2, 0.25) is 0 Å². The highest BCUT2D eigenvalue weighted by Crippen LogP contribution is 2.71. The second-order valence-electron chi connectivity index (χ2n) is 8.79. The number of hydrogen-bond acceptors (Lipinski definition) is 7. The van der Waals surface area contributed by atoms with E-state index in [2.05, 4.69) is 6.58 Å². The van der Waals surface area contributed by atoms with E-state index in [-0.39, 0.29) is 31.8 Å². The van der Waals surface area contributed by atoms with Gasteiger partial charge < -0.3 is 18.5 Å². The lowest BCUT2D eigenvalue weighted by molar-refractivity contribution is -0.158. The average molecular weight is 462 g/mol. The molecule has 1 heterocycles. The molecule has 1 aliphatic heterocycles. The minimum absolute atomic E-state index is 0.106. The molecule has 1 saturated heterocycles. The molecule has 8 heteroatoms. The van der Waals surface area contributed by atoms with Gasteiger partial charge in [-0.1, -0.05) is 50.3 Å². The van der Waals surface area contributed by atoms with Crippen LogP contribution < -0.4 is 0 Å². The smallest absolute Gasteiger partial charge is 0.342 e. The van der Waals surface area contributed by atoms with Crippen LogP contribution in [0.25, 0.3) is 5.57 Å². The summed E-state index contributed by atoms with van der Waals surface area (Å²) >= 11 is 0. The van der Waals surface area contributed by atoms with E-state index in [1.54, 1.807) is 32.9 Å². The van der Waals surface area contributed by atoms with E-state index in [0.717, 1.165) is 0 Å². The monoisotopic (exact) mass is 462 g/mol. The summed E-state index contributed by atoms with van der Waals surface area (Å²) in [5, 5.41) is 0. The molecule has 0 radical (unpaired) electrons. The Balaban J connectivity index is 2.24. The van der Waals surface area contributed by atoms with Gasteiger partial charge in [0.1, 0.15) is 5.66 Å². The lowest BCUT2D eigenvalue weighted by atomic mass is 9.90. The number of carbonyl (C=O) groups excluding carboxylic acids is 2. The first-order chi connectivity index (χ1) is 15.1. The predicted molar refractivity (Wildman–Crippen MR) is 121 cm³/mol. The Kier molecular flexibility index (Phi) is 7.13. The Bertz CT molecular complexity index is 975. The largest absolute Gasteiger partial charge is 0.465 e. The Morgan fingerprint density at radius 3 is 2.16 bits per heavy atom. The minimum atomic E-state index is -3.67. The van der Waals surface area contributed by atoms with Crippen LogP contribution in [0.5, 0.6) is 0 Å². The molecule has 1 atom stereocenters. The number of benzene rings is 1. The van der Waals surface area contributed by atoms with Gasteiger partial charge >= 0.3 is 19.5 Å². The van der Waals surface area contributed by atoms with E-state index in [0.29, 0.717) is 27.8 Å². The van der Waals surface area contributed by atoms with Crippen molar-refractivity contribution in [1.29, 1.82) is 0 Å². The Morgan fingerprint density at radius 1 is 1.12 bits per heavy atom. The SMILES string of the molecule is C=C(C)C1=C(C(C(=O)OCC)C(=O)OCC)c2ccccc2C1P1(=O)OCC(C)(C)CO1. The van der Waals surface area contributed by atoms with Crippen molar-refractivity contribution in [1.82, 2.24) is 0 Å². The summed E-state index contributed by atoms with van der Waals surface area (Å²) in [5.74, 6) is -2.78. The Labute approximate surface area is 189 Å². The number of esters is 2. The van der Waals surface area contributed by atoms with Crippen LogP contribution in [-0.2, 0) is 32.7 Å². The summed E-state index contributed by atoms with van der Waals surface area (Å²) in [6, 6.07) is 7.22. The van der Waals surface area contributed by atoms with Gasteiger partial charge in [-0.3, -0.25) is 14.2 Å². The van der Waals surface area contributed by atoms with E-state index in [9.17, 15) is 14.2 Å². The molecule has 3 rings (SSSR count). The van der Waals surface area contributed by atoms with Gasteiger partial charge in [0, 0.05) is 5.41 Å². The molecule has 32 heavy (non-hydrogen) atoms. The van der Waals surface area contributed by atoms with Crippen LogP contribution in [0.2, 0.25) is 0 Å². The van der Waals surface area contributed by atoms with Gasteiger partial charge in [-0.05, 0) is 43.0 Å². The molecule has 1 aromatic rings. The summed E-state index contributed by atoms with van der Waals surface area (Å²) < 4.78 is 36.2. The molecule has 2 aliphatic rings. The van der Waals surface area contributed by atoms with Crippen LogP contribution in [0.15, 0.2) is 42.0 Å². The van der Waals surface area contributed by atoms with Gasteiger partial charge in [0.25, 0.3) is 0 Å². The van der Waals surface area contributed by atoms with Crippen LogP contribution >= 0.6 is 7.60 Å². The van der Waals surface area contributed by atoms with Gasteiger partial charge in [-0.15, -0.1) is 0 Å².